The first-order valence-corrected chi connectivity index (χ1v) is 5.51. The lowest BCUT2D eigenvalue weighted by atomic mass is 10.0. The highest BCUT2D eigenvalue weighted by atomic mass is 16.3. The van der Waals surface area contributed by atoms with Crippen LogP contribution in [0.3, 0.4) is 0 Å². The van der Waals surface area contributed by atoms with Gasteiger partial charge in [-0.1, -0.05) is 13.3 Å². The molecule has 0 fully saturated rings. The molecule has 0 radical (unpaired) electrons. The molecule has 0 saturated heterocycles. The van der Waals surface area contributed by atoms with Gasteiger partial charge >= 0.3 is 0 Å². The normalized spacial score (nSPS) is 15.2. The third-order valence-corrected chi connectivity index (χ3v) is 2.55. The number of rotatable bonds is 6. The first-order valence-electron chi connectivity index (χ1n) is 5.51. The topological polar surface area (TPSA) is 45.4 Å². The van der Waals surface area contributed by atoms with Crippen LogP contribution < -0.4 is 5.32 Å². The molecule has 0 spiro atoms. The standard InChI is InChI=1S/C12H21NO2/c1-4-6-12(3,14)9-13-8-11-10(2)5-7-15-11/h5,7,13-14H,4,6,8-9H2,1-3H3. The maximum Gasteiger partial charge on any atom is 0.120 e. The number of aryl methyl sites for hydroxylation is 1. The molecular weight excluding hydrogens is 190 g/mol. The molecule has 3 heteroatoms. The largest absolute Gasteiger partial charge is 0.468 e. The maximum absolute atomic E-state index is 9.92. The summed E-state index contributed by atoms with van der Waals surface area (Å²) in [4.78, 5) is 0. The minimum atomic E-state index is -0.616. The Kier molecular flexibility index (Phi) is 4.36. The van der Waals surface area contributed by atoms with Gasteiger partial charge in [0.25, 0.3) is 0 Å². The fraction of sp³-hybridized carbons (Fsp3) is 0.667. The van der Waals surface area contributed by atoms with Crippen molar-refractivity contribution < 1.29 is 9.52 Å². The first kappa shape index (κ1) is 12.3. The van der Waals surface area contributed by atoms with E-state index < -0.39 is 5.60 Å². The lowest BCUT2D eigenvalue weighted by Crippen LogP contribution is -2.37. The molecule has 1 atom stereocenters. The summed E-state index contributed by atoms with van der Waals surface area (Å²) in [5.74, 6) is 0.947. The molecule has 3 nitrogen and oxygen atoms in total. The van der Waals surface area contributed by atoms with Gasteiger partial charge in [-0.2, -0.15) is 0 Å². The Bertz CT molecular complexity index is 292. The Morgan fingerprint density at radius 1 is 1.53 bits per heavy atom. The number of aliphatic hydroxyl groups is 1. The minimum Gasteiger partial charge on any atom is -0.468 e. The van der Waals surface area contributed by atoms with Crippen molar-refractivity contribution in [1.29, 1.82) is 0 Å². The Balaban J connectivity index is 2.30. The van der Waals surface area contributed by atoms with Crippen molar-refractivity contribution in [2.24, 2.45) is 0 Å². The third-order valence-electron chi connectivity index (χ3n) is 2.55. The van der Waals surface area contributed by atoms with Crippen LogP contribution in [0.15, 0.2) is 16.7 Å². The van der Waals surface area contributed by atoms with Crippen molar-refractivity contribution in [3.05, 3.63) is 23.7 Å². The number of furan rings is 1. The second-order valence-electron chi connectivity index (χ2n) is 4.38. The van der Waals surface area contributed by atoms with Gasteiger partial charge < -0.3 is 14.8 Å². The zero-order valence-electron chi connectivity index (χ0n) is 9.84. The van der Waals surface area contributed by atoms with Gasteiger partial charge in [0.15, 0.2) is 0 Å². The van der Waals surface area contributed by atoms with Gasteiger partial charge in [-0.05, 0) is 31.9 Å². The second kappa shape index (κ2) is 5.33. The van der Waals surface area contributed by atoms with Crippen molar-refractivity contribution in [2.45, 2.75) is 45.8 Å². The highest BCUT2D eigenvalue weighted by molar-refractivity contribution is 5.14. The molecule has 2 N–H and O–H groups in total. The lowest BCUT2D eigenvalue weighted by molar-refractivity contribution is 0.0494. The smallest absolute Gasteiger partial charge is 0.120 e. The van der Waals surface area contributed by atoms with E-state index in [0.717, 1.165) is 24.2 Å². The fourth-order valence-corrected chi connectivity index (χ4v) is 1.66. The fourth-order valence-electron chi connectivity index (χ4n) is 1.66. The molecule has 0 amide bonds. The molecule has 1 aromatic rings. The summed E-state index contributed by atoms with van der Waals surface area (Å²) in [5, 5.41) is 13.1. The number of hydrogen-bond acceptors (Lipinski definition) is 3. The summed E-state index contributed by atoms with van der Waals surface area (Å²) in [6, 6.07) is 1.95. The zero-order valence-corrected chi connectivity index (χ0v) is 9.84. The quantitative estimate of drug-likeness (QED) is 0.758. The van der Waals surface area contributed by atoms with Gasteiger partial charge in [0.1, 0.15) is 5.76 Å². The molecule has 0 aliphatic rings. The SMILES string of the molecule is CCCC(C)(O)CNCc1occc1C. The van der Waals surface area contributed by atoms with E-state index in [9.17, 15) is 5.11 Å². The van der Waals surface area contributed by atoms with Crippen molar-refractivity contribution >= 4 is 0 Å². The molecule has 0 aliphatic heterocycles. The van der Waals surface area contributed by atoms with Crippen molar-refractivity contribution in [2.75, 3.05) is 6.54 Å². The van der Waals surface area contributed by atoms with Gasteiger partial charge in [0, 0.05) is 6.54 Å². The minimum absolute atomic E-state index is 0.598. The monoisotopic (exact) mass is 211 g/mol. The van der Waals surface area contributed by atoms with Crippen LogP contribution in [-0.4, -0.2) is 17.3 Å². The summed E-state index contributed by atoms with van der Waals surface area (Å²) in [7, 11) is 0. The highest BCUT2D eigenvalue weighted by Crippen LogP contribution is 2.12. The van der Waals surface area contributed by atoms with E-state index in [-0.39, 0.29) is 0 Å². The lowest BCUT2D eigenvalue weighted by Gasteiger charge is -2.22. The molecule has 1 aromatic heterocycles. The van der Waals surface area contributed by atoms with Crippen LogP contribution in [0.25, 0.3) is 0 Å². The molecule has 0 bridgehead atoms. The molecule has 1 unspecified atom stereocenters. The van der Waals surface area contributed by atoms with E-state index in [1.54, 1.807) is 6.26 Å². The molecule has 1 rings (SSSR count). The average molecular weight is 211 g/mol. The van der Waals surface area contributed by atoms with E-state index in [1.807, 2.05) is 19.9 Å². The van der Waals surface area contributed by atoms with Crippen molar-refractivity contribution in [1.82, 2.24) is 5.32 Å². The molecule has 0 aliphatic carbocycles. The van der Waals surface area contributed by atoms with Crippen LogP contribution >= 0.6 is 0 Å². The van der Waals surface area contributed by atoms with E-state index >= 15 is 0 Å². The van der Waals surface area contributed by atoms with Gasteiger partial charge in [-0.15, -0.1) is 0 Å². The number of nitrogens with one attached hydrogen (secondary N) is 1. The van der Waals surface area contributed by atoms with Crippen molar-refractivity contribution in [3.63, 3.8) is 0 Å². The van der Waals surface area contributed by atoms with Crippen LogP contribution in [0, 0.1) is 6.92 Å². The van der Waals surface area contributed by atoms with Gasteiger partial charge in [0.05, 0.1) is 18.4 Å². The van der Waals surface area contributed by atoms with Crippen LogP contribution in [0.4, 0.5) is 0 Å². The van der Waals surface area contributed by atoms with Crippen molar-refractivity contribution in [3.8, 4) is 0 Å². The predicted octanol–water partition coefficient (Wildman–Crippen LogP) is 2.23. The molecule has 15 heavy (non-hydrogen) atoms. The molecule has 86 valence electrons. The molecule has 0 aromatic carbocycles. The maximum atomic E-state index is 9.92. The van der Waals surface area contributed by atoms with Crippen LogP contribution in [0.5, 0.6) is 0 Å². The first-order chi connectivity index (χ1) is 7.05. The average Bonchev–Trinajstić information content (AvgIpc) is 2.51. The third kappa shape index (κ3) is 4.06. The predicted molar refractivity (Wildman–Crippen MR) is 60.7 cm³/mol. The number of hydrogen-bond donors (Lipinski definition) is 2. The highest BCUT2D eigenvalue weighted by Gasteiger charge is 2.18. The molecule has 1 heterocycles. The van der Waals surface area contributed by atoms with E-state index in [4.69, 9.17) is 4.42 Å². The van der Waals surface area contributed by atoms with Gasteiger partial charge in [0.2, 0.25) is 0 Å². The van der Waals surface area contributed by atoms with E-state index in [0.29, 0.717) is 13.1 Å². The Morgan fingerprint density at radius 2 is 2.27 bits per heavy atom. The molecular formula is C12H21NO2. The summed E-state index contributed by atoms with van der Waals surface area (Å²) in [6.07, 6.45) is 3.50. The summed E-state index contributed by atoms with van der Waals surface area (Å²) >= 11 is 0. The Labute approximate surface area is 91.5 Å². The summed E-state index contributed by atoms with van der Waals surface area (Å²) in [6.45, 7) is 7.23. The van der Waals surface area contributed by atoms with Gasteiger partial charge in [-0.25, -0.2) is 0 Å². The summed E-state index contributed by atoms with van der Waals surface area (Å²) in [5.41, 5.74) is 0.535. The van der Waals surface area contributed by atoms with E-state index in [1.165, 1.54) is 0 Å². The van der Waals surface area contributed by atoms with Crippen LogP contribution in [0.2, 0.25) is 0 Å². The van der Waals surface area contributed by atoms with Gasteiger partial charge in [-0.3, -0.25) is 0 Å². The zero-order chi connectivity index (χ0) is 11.3. The van der Waals surface area contributed by atoms with Crippen LogP contribution in [0.1, 0.15) is 38.0 Å². The Morgan fingerprint density at radius 3 is 2.80 bits per heavy atom. The summed E-state index contributed by atoms with van der Waals surface area (Å²) < 4.78 is 5.29. The van der Waals surface area contributed by atoms with Crippen LogP contribution in [-0.2, 0) is 6.54 Å². The Hall–Kier alpha value is -0.800. The van der Waals surface area contributed by atoms with E-state index in [2.05, 4.69) is 12.2 Å². The molecule has 0 saturated carbocycles. The second-order valence-corrected chi connectivity index (χ2v) is 4.38.